The molecule has 0 saturated carbocycles. The highest BCUT2D eigenvalue weighted by atomic mass is 16.4. The van der Waals surface area contributed by atoms with Crippen LogP contribution in [0.25, 0.3) is 0 Å². The predicted octanol–water partition coefficient (Wildman–Crippen LogP) is -0.157. The SMILES string of the molecule is C#CCN(CC(=O)O)C(=O)c1ccc(C)[nH]c1=O. The van der Waals surface area contributed by atoms with Gasteiger partial charge < -0.3 is 15.0 Å². The van der Waals surface area contributed by atoms with E-state index in [4.69, 9.17) is 11.5 Å². The Bertz CT molecular complexity index is 568. The van der Waals surface area contributed by atoms with Crippen molar-refractivity contribution in [1.82, 2.24) is 9.88 Å². The molecule has 0 aliphatic heterocycles. The number of aromatic amines is 1. The molecule has 1 amide bonds. The van der Waals surface area contributed by atoms with Crippen molar-refractivity contribution in [2.75, 3.05) is 13.1 Å². The van der Waals surface area contributed by atoms with E-state index in [9.17, 15) is 14.4 Å². The molecule has 0 unspecified atom stereocenters. The molecular formula is C12H12N2O4. The molecule has 1 aromatic heterocycles. The second-order valence-corrected chi connectivity index (χ2v) is 3.64. The van der Waals surface area contributed by atoms with Crippen LogP contribution in [0.2, 0.25) is 0 Å². The number of carbonyl (C=O) groups is 2. The number of amides is 1. The smallest absolute Gasteiger partial charge is 0.323 e. The number of aromatic nitrogens is 1. The minimum Gasteiger partial charge on any atom is -0.480 e. The maximum atomic E-state index is 11.9. The van der Waals surface area contributed by atoms with Gasteiger partial charge in [-0.2, -0.15) is 0 Å². The zero-order chi connectivity index (χ0) is 13.7. The predicted molar refractivity (Wildman–Crippen MR) is 64.2 cm³/mol. The molecule has 0 saturated heterocycles. The molecule has 0 aromatic carbocycles. The highest BCUT2D eigenvalue weighted by molar-refractivity contribution is 5.95. The molecule has 6 nitrogen and oxygen atoms in total. The Morgan fingerprint density at radius 2 is 2.17 bits per heavy atom. The summed E-state index contributed by atoms with van der Waals surface area (Å²) in [6.45, 7) is 0.959. The first kappa shape index (κ1) is 13.5. The van der Waals surface area contributed by atoms with Crippen LogP contribution in [0.3, 0.4) is 0 Å². The van der Waals surface area contributed by atoms with Crippen LogP contribution in [-0.2, 0) is 4.79 Å². The molecule has 0 aliphatic rings. The quantitative estimate of drug-likeness (QED) is 0.724. The molecular weight excluding hydrogens is 236 g/mol. The first-order chi connectivity index (χ1) is 8.45. The molecule has 0 aliphatic carbocycles. The van der Waals surface area contributed by atoms with Crippen LogP contribution in [0.4, 0.5) is 0 Å². The second kappa shape index (κ2) is 5.68. The summed E-state index contributed by atoms with van der Waals surface area (Å²) in [4.78, 5) is 37.5. The van der Waals surface area contributed by atoms with Crippen LogP contribution in [0.5, 0.6) is 0 Å². The standard InChI is InChI=1S/C12H12N2O4/c1-3-6-14(7-10(15)16)12(18)9-5-4-8(2)13-11(9)17/h1,4-5H,6-7H2,2H3,(H,13,17)(H,15,16). The number of hydrogen-bond acceptors (Lipinski definition) is 3. The fourth-order valence-electron chi connectivity index (χ4n) is 1.38. The van der Waals surface area contributed by atoms with Gasteiger partial charge in [-0.1, -0.05) is 5.92 Å². The number of carboxylic acids is 1. The number of aryl methyl sites for hydroxylation is 1. The monoisotopic (exact) mass is 248 g/mol. The van der Waals surface area contributed by atoms with Crippen molar-refractivity contribution in [2.24, 2.45) is 0 Å². The number of H-pyrrole nitrogens is 1. The van der Waals surface area contributed by atoms with E-state index in [2.05, 4.69) is 10.9 Å². The van der Waals surface area contributed by atoms with E-state index in [0.717, 1.165) is 4.90 Å². The zero-order valence-electron chi connectivity index (χ0n) is 9.77. The normalized spacial score (nSPS) is 9.56. The van der Waals surface area contributed by atoms with Crippen molar-refractivity contribution in [3.8, 4) is 12.3 Å². The Kier molecular flexibility index (Phi) is 4.27. The lowest BCUT2D eigenvalue weighted by Gasteiger charge is -2.17. The van der Waals surface area contributed by atoms with E-state index in [-0.39, 0.29) is 12.1 Å². The van der Waals surface area contributed by atoms with Crippen LogP contribution >= 0.6 is 0 Å². The van der Waals surface area contributed by atoms with Crippen molar-refractivity contribution in [2.45, 2.75) is 6.92 Å². The summed E-state index contributed by atoms with van der Waals surface area (Å²) in [7, 11) is 0. The van der Waals surface area contributed by atoms with E-state index in [1.807, 2.05) is 0 Å². The lowest BCUT2D eigenvalue weighted by atomic mass is 10.2. The number of carboxylic acid groups (broad SMARTS) is 1. The maximum Gasteiger partial charge on any atom is 0.323 e. The molecule has 6 heteroatoms. The van der Waals surface area contributed by atoms with Crippen LogP contribution in [0, 0.1) is 19.3 Å². The van der Waals surface area contributed by atoms with E-state index in [1.165, 1.54) is 6.07 Å². The Morgan fingerprint density at radius 1 is 1.50 bits per heavy atom. The van der Waals surface area contributed by atoms with Crippen molar-refractivity contribution < 1.29 is 14.7 Å². The fraction of sp³-hybridized carbons (Fsp3) is 0.250. The second-order valence-electron chi connectivity index (χ2n) is 3.64. The molecule has 0 fully saturated rings. The van der Waals surface area contributed by atoms with Gasteiger partial charge in [0.2, 0.25) is 0 Å². The fourth-order valence-corrected chi connectivity index (χ4v) is 1.38. The number of nitrogens with one attached hydrogen (secondary N) is 1. The topological polar surface area (TPSA) is 90.5 Å². The molecule has 1 rings (SSSR count). The van der Waals surface area contributed by atoms with Crippen molar-refractivity contribution in [3.63, 3.8) is 0 Å². The average Bonchev–Trinajstić information content (AvgIpc) is 2.27. The molecule has 0 atom stereocenters. The number of terminal acetylenes is 1. The lowest BCUT2D eigenvalue weighted by Crippen LogP contribution is -2.38. The van der Waals surface area contributed by atoms with E-state index in [1.54, 1.807) is 13.0 Å². The third-order valence-electron chi connectivity index (χ3n) is 2.18. The van der Waals surface area contributed by atoms with Gasteiger partial charge in [0.1, 0.15) is 12.1 Å². The molecule has 1 heterocycles. The molecule has 0 bridgehead atoms. The highest BCUT2D eigenvalue weighted by Crippen LogP contribution is 2.00. The van der Waals surface area contributed by atoms with Gasteiger partial charge in [0.15, 0.2) is 0 Å². The Hall–Kier alpha value is -2.55. The summed E-state index contributed by atoms with van der Waals surface area (Å²) in [5, 5.41) is 8.67. The summed E-state index contributed by atoms with van der Waals surface area (Å²) in [5.74, 6) is 0.294. The number of nitrogens with zero attached hydrogens (tertiary/aromatic N) is 1. The Morgan fingerprint density at radius 3 is 2.67 bits per heavy atom. The summed E-state index contributed by atoms with van der Waals surface area (Å²) in [6.07, 6.45) is 5.06. The van der Waals surface area contributed by atoms with Gasteiger partial charge in [0.05, 0.1) is 6.54 Å². The molecule has 1 aromatic rings. The average molecular weight is 248 g/mol. The number of rotatable bonds is 4. The summed E-state index contributed by atoms with van der Waals surface area (Å²) < 4.78 is 0. The number of carbonyl (C=O) groups excluding carboxylic acids is 1. The van der Waals surface area contributed by atoms with Gasteiger partial charge in [-0.05, 0) is 19.1 Å². The molecule has 2 N–H and O–H groups in total. The number of pyridine rings is 1. The van der Waals surface area contributed by atoms with Gasteiger partial charge in [0, 0.05) is 5.69 Å². The van der Waals surface area contributed by atoms with Crippen LogP contribution in [0.15, 0.2) is 16.9 Å². The molecule has 18 heavy (non-hydrogen) atoms. The number of aliphatic carboxylic acids is 1. The maximum absolute atomic E-state index is 11.9. The molecule has 0 radical (unpaired) electrons. The van der Waals surface area contributed by atoms with Gasteiger partial charge in [-0.25, -0.2) is 0 Å². The van der Waals surface area contributed by atoms with Gasteiger partial charge >= 0.3 is 5.97 Å². The van der Waals surface area contributed by atoms with Crippen LogP contribution in [-0.4, -0.2) is 40.0 Å². The Labute approximate surface area is 103 Å². The third kappa shape index (κ3) is 3.22. The van der Waals surface area contributed by atoms with Crippen molar-refractivity contribution >= 4 is 11.9 Å². The van der Waals surface area contributed by atoms with Crippen LogP contribution < -0.4 is 5.56 Å². The van der Waals surface area contributed by atoms with Crippen molar-refractivity contribution in [1.29, 1.82) is 0 Å². The van der Waals surface area contributed by atoms with E-state index >= 15 is 0 Å². The molecule has 94 valence electrons. The first-order valence-electron chi connectivity index (χ1n) is 5.10. The van der Waals surface area contributed by atoms with Crippen molar-refractivity contribution in [3.05, 3.63) is 33.7 Å². The number of hydrogen-bond donors (Lipinski definition) is 2. The minimum atomic E-state index is -1.19. The van der Waals surface area contributed by atoms with Gasteiger partial charge in [0.25, 0.3) is 11.5 Å². The van der Waals surface area contributed by atoms with Crippen LogP contribution in [0.1, 0.15) is 16.1 Å². The highest BCUT2D eigenvalue weighted by Gasteiger charge is 2.20. The summed E-state index contributed by atoms with van der Waals surface area (Å²) >= 11 is 0. The van der Waals surface area contributed by atoms with E-state index in [0.29, 0.717) is 5.69 Å². The summed E-state index contributed by atoms with van der Waals surface area (Å²) in [5.41, 5.74) is -0.0807. The minimum absolute atomic E-state index is 0.128. The van der Waals surface area contributed by atoms with E-state index < -0.39 is 24.0 Å². The zero-order valence-corrected chi connectivity index (χ0v) is 9.77. The lowest BCUT2D eigenvalue weighted by molar-refractivity contribution is -0.137. The molecule has 0 spiro atoms. The van der Waals surface area contributed by atoms with Gasteiger partial charge in [-0.15, -0.1) is 6.42 Å². The third-order valence-corrected chi connectivity index (χ3v) is 2.18. The first-order valence-corrected chi connectivity index (χ1v) is 5.10. The van der Waals surface area contributed by atoms with Gasteiger partial charge in [-0.3, -0.25) is 14.4 Å². The Balaban J connectivity index is 3.06. The summed E-state index contributed by atoms with van der Waals surface area (Å²) in [6, 6.07) is 2.91. The largest absolute Gasteiger partial charge is 0.480 e.